The number of carbonyl (C=O) groups is 1. The number of nitrogens with one attached hydrogen (secondary N) is 1. The summed E-state index contributed by atoms with van der Waals surface area (Å²) in [4.78, 5) is 14.0. The Bertz CT molecular complexity index is 246. The van der Waals surface area contributed by atoms with Crippen molar-refractivity contribution in [3.8, 4) is 0 Å². The average Bonchev–Trinajstić information content (AvgIpc) is 2.33. The molecule has 0 spiro atoms. The highest BCUT2D eigenvalue weighted by Gasteiger charge is 2.26. The third-order valence-corrected chi connectivity index (χ3v) is 3.70. The van der Waals surface area contributed by atoms with Gasteiger partial charge in [0, 0.05) is 32.8 Å². The van der Waals surface area contributed by atoms with Gasteiger partial charge in [0.2, 0.25) is 0 Å². The summed E-state index contributed by atoms with van der Waals surface area (Å²) in [6.07, 6.45) is 5.48. The molecule has 2 unspecified atom stereocenters. The van der Waals surface area contributed by atoms with Crippen LogP contribution in [0.3, 0.4) is 0 Å². The van der Waals surface area contributed by atoms with E-state index in [1.807, 2.05) is 4.90 Å². The minimum absolute atomic E-state index is 0.112. The molecule has 1 rings (SSSR count). The van der Waals surface area contributed by atoms with E-state index in [0.29, 0.717) is 6.04 Å². The van der Waals surface area contributed by atoms with E-state index in [1.54, 1.807) is 7.11 Å². The van der Waals surface area contributed by atoms with Crippen LogP contribution >= 0.6 is 0 Å². The number of methoxy groups -OCH3 is 1. The maximum atomic E-state index is 12.0. The van der Waals surface area contributed by atoms with Crippen LogP contribution in [0.15, 0.2) is 0 Å². The molecule has 1 aliphatic heterocycles. The largest absolute Gasteiger partial charge is 0.385 e. The van der Waals surface area contributed by atoms with Crippen molar-refractivity contribution in [1.29, 1.82) is 0 Å². The van der Waals surface area contributed by atoms with Crippen molar-refractivity contribution in [3.05, 3.63) is 0 Å². The molecule has 1 fully saturated rings. The number of rotatable bonds is 6. The normalized spacial score (nSPS) is 24.1. The van der Waals surface area contributed by atoms with Crippen molar-refractivity contribution in [2.45, 2.75) is 52.0 Å². The Kier molecular flexibility index (Phi) is 7.09. The van der Waals surface area contributed by atoms with Crippen LogP contribution < -0.4 is 5.32 Å². The first-order valence-electron chi connectivity index (χ1n) is 7.18. The molecule has 2 atom stereocenters. The van der Waals surface area contributed by atoms with Gasteiger partial charge in [-0.15, -0.1) is 0 Å². The molecule has 2 amide bonds. The lowest BCUT2D eigenvalue weighted by atomic mass is 9.94. The van der Waals surface area contributed by atoms with E-state index in [4.69, 9.17) is 4.74 Å². The molecule has 106 valence electrons. The number of nitrogens with zero attached hydrogens (tertiary/aromatic N) is 1. The van der Waals surface area contributed by atoms with Gasteiger partial charge in [0.1, 0.15) is 0 Å². The first kappa shape index (κ1) is 15.3. The zero-order valence-electron chi connectivity index (χ0n) is 12.1. The number of hydrogen-bond acceptors (Lipinski definition) is 2. The van der Waals surface area contributed by atoms with E-state index in [-0.39, 0.29) is 6.03 Å². The highest BCUT2D eigenvalue weighted by atomic mass is 16.5. The van der Waals surface area contributed by atoms with E-state index in [1.165, 1.54) is 0 Å². The fourth-order valence-electron chi connectivity index (χ4n) is 2.55. The Morgan fingerprint density at radius 2 is 2.11 bits per heavy atom. The van der Waals surface area contributed by atoms with Gasteiger partial charge >= 0.3 is 6.03 Å². The van der Waals surface area contributed by atoms with E-state index < -0.39 is 0 Å². The quantitative estimate of drug-likeness (QED) is 0.742. The van der Waals surface area contributed by atoms with Crippen LogP contribution in [0.2, 0.25) is 0 Å². The van der Waals surface area contributed by atoms with Gasteiger partial charge in [-0.3, -0.25) is 0 Å². The minimum atomic E-state index is 0.112. The standard InChI is InChI=1S/C14H28N2O2/c1-12-7-9-16(13(2)11-12)14(17)15-8-5-4-6-10-18-3/h12-13H,4-11H2,1-3H3,(H,15,17). The average molecular weight is 256 g/mol. The monoisotopic (exact) mass is 256 g/mol. The van der Waals surface area contributed by atoms with Gasteiger partial charge in [0.05, 0.1) is 0 Å². The first-order valence-corrected chi connectivity index (χ1v) is 7.18. The van der Waals surface area contributed by atoms with E-state index in [9.17, 15) is 4.79 Å². The minimum Gasteiger partial charge on any atom is -0.385 e. The Balaban J connectivity index is 2.12. The summed E-state index contributed by atoms with van der Waals surface area (Å²) < 4.78 is 4.99. The Labute approximate surface area is 111 Å². The van der Waals surface area contributed by atoms with Crippen LogP contribution in [-0.2, 0) is 4.74 Å². The Morgan fingerprint density at radius 3 is 2.78 bits per heavy atom. The highest BCUT2D eigenvalue weighted by molar-refractivity contribution is 5.74. The molecule has 1 saturated heterocycles. The molecule has 0 aromatic carbocycles. The number of hydrogen-bond donors (Lipinski definition) is 1. The van der Waals surface area contributed by atoms with Crippen molar-refractivity contribution in [1.82, 2.24) is 10.2 Å². The van der Waals surface area contributed by atoms with Crippen molar-refractivity contribution in [2.75, 3.05) is 26.8 Å². The maximum absolute atomic E-state index is 12.0. The molecular formula is C14H28N2O2. The zero-order valence-corrected chi connectivity index (χ0v) is 12.1. The van der Waals surface area contributed by atoms with Crippen molar-refractivity contribution < 1.29 is 9.53 Å². The van der Waals surface area contributed by atoms with Gasteiger partial charge in [0.25, 0.3) is 0 Å². The molecule has 0 saturated carbocycles. The molecule has 0 aromatic heterocycles. The second-order valence-corrected chi connectivity index (χ2v) is 5.46. The van der Waals surface area contributed by atoms with Crippen LogP contribution in [0, 0.1) is 5.92 Å². The van der Waals surface area contributed by atoms with Gasteiger partial charge in [0.15, 0.2) is 0 Å². The zero-order chi connectivity index (χ0) is 13.4. The lowest BCUT2D eigenvalue weighted by Gasteiger charge is -2.36. The first-order chi connectivity index (χ1) is 8.65. The van der Waals surface area contributed by atoms with Crippen LogP contribution in [-0.4, -0.2) is 43.8 Å². The van der Waals surface area contributed by atoms with Gasteiger partial charge in [-0.05, 0) is 44.9 Å². The summed E-state index contributed by atoms with van der Waals surface area (Å²) in [5, 5.41) is 3.02. The summed E-state index contributed by atoms with van der Waals surface area (Å²) in [7, 11) is 1.72. The van der Waals surface area contributed by atoms with Crippen LogP contribution in [0.5, 0.6) is 0 Å². The SMILES string of the molecule is COCCCCCNC(=O)N1CCC(C)CC1C. The number of ether oxygens (including phenoxy) is 1. The number of piperidine rings is 1. The van der Waals surface area contributed by atoms with E-state index in [0.717, 1.165) is 57.7 Å². The van der Waals surface area contributed by atoms with Crippen LogP contribution in [0.1, 0.15) is 46.0 Å². The second kappa shape index (κ2) is 8.35. The molecule has 0 aliphatic carbocycles. The predicted octanol–water partition coefficient (Wildman–Crippen LogP) is 2.63. The topological polar surface area (TPSA) is 41.6 Å². The smallest absolute Gasteiger partial charge is 0.317 e. The molecule has 1 heterocycles. The molecule has 4 heteroatoms. The third kappa shape index (κ3) is 5.25. The van der Waals surface area contributed by atoms with Gasteiger partial charge in [-0.1, -0.05) is 6.92 Å². The fourth-order valence-corrected chi connectivity index (χ4v) is 2.55. The molecule has 0 bridgehead atoms. The number of amides is 2. The third-order valence-electron chi connectivity index (χ3n) is 3.70. The van der Waals surface area contributed by atoms with Gasteiger partial charge < -0.3 is 15.0 Å². The van der Waals surface area contributed by atoms with E-state index >= 15 is 0 Å². The molecule has 0 radical (unpaired) electrons. The lowest BCUT2D eigenvalue weighted by Crippen LogP contribution is -2.49. The van der Waals surface area contributed by atoms with Gasteiger partial charge in [-0.2, -0.15) is 0 Å². The van der Waals surface area contributed by atoms with Crippen LogP contribution in [0.4, 0.5) is 4.79 Å². The molecular weight excluding hydrogens is 228 g/mol. The summed E-state index contributed by atoms with van der Waals surface area (Å²) in [6, 6.07) is 0.489. The molecule has 1 N–H and O–H groups in total. The summed E-state index contributed by atoms with van der Waals surface area (Å²) in [5.74, 6) is 0.748. The molecule has 1 aliphatic rings. The molecule has 18 heavy (non-hydrogen) atoms. The highest BCUT2D eigenvalue weighted by Crippen LogP contribution is 2.21. The van der Waals surface area contributed by atoms with Crippen molar-refractivity contribution >= 4 is 6.03 Å². The van der Waals surface area contributed by atoms with Crippen LogP contribution in [0.25, 0.3) is 0 Å². The van der Waals surface area contributed by atoms with Gasteiger partial charge in [-0.25, -0.2) is 4.79 Å². The Hall–Kier alpha value is -0.770. The number of unbranched alkanes of at least 4 members (excludes halogenated alkanes) is 2. The summed E-state index contributed by atoms with van der Waals surface area (Å²) in [5.41, 5.74) is 0. The van der Waals surface area contributed by atoms with Crippen molar-refractivity contribution in [3.63, 3.8) is 0 Å². The fraction of sp³-hybridized carbons (Fsp3) is 0.929. The Morgan fingerprint density at radius 1 is 1.33 bits per heavy atom. The number of carbonyl (C=O) groups excluding carboxylic acids is 1. The summed E-state index contributed by atoms with van der Waals surface area (Å²) >= 11 is 0. The lowest BCUT2D eigenvalue weighted by molar-refractivity contribution is 0.139. The predicted molar refractivity (Wildman–Crippen MR) is 73.7 cm³/mol. The second-order valence-electron chi connectivity index (χ2n) is 5.46. The summed E-state index contributed by atoms with van der Waals surface area (Å²) in [6.45, 7) is 6.91. The maximum Gasteiger partial charge on any atom is 0.317 e. The number of urea groups is 1. The van der Waals surface area contributed by atoms with E-state index in [2.05, 4.69) is 19.2 Å². The number of likely N-dealkylation sites (tertiary alicyclic amines) is 1. The molecule has 0 aromatic rings. The van der Waals surface area contributed by atoms with Crippen molar-refractivity contribution in [2.24, 2.45) is 5.92 Å². The molecule has 4 nitrogen and oxygen atoms in total.